The van der Waals surface area contributed by atoms with E-state index in [1.807, 2.05) is 0 Å². The van der Waals surface area contributed by atoms with Gasteiger partial charge >= 0.3 is 0 Å². The third-order valence-electron chi connectivity index (χ3n) is 3.00. The van der Waals surface area contributed by atoms with Gasteiger partial charge in [-0.05, 0) is 26.1 Å². The van der Waals surface area contributed by atoms with Gasteiger partial charge in [-0.15, -0.1) is 0 Å². The lowest BCUT2D eigenvalue weighted by Crippen LogP contribution is -2.45. The molecular formula is C11H24N2S. The van der Waals surface area contributed by atoms with E-state index in [2.05, 4.69) is 49.8 Å². The highest BCUT2D eigenvalue weighted by atomic mass is 32.2. The molecule has 0 bridgehead atoms. The molecule has 0 aromatic carbocycles. The molecule has 1 fully saturated rings. The molecule has 0 aromatic rings. The summed E-state index contributed by atoms with van der Waals surface area (Å²) in [4.78, 5) is 2.54. The minimum Gasteiger partial charge on any atom is -0.313 e. The van der Waals surface area contributed by atoms with Crippen molar-refractivity contribution in [2.45, 2.75) is 45.3 Å². The van der Waals surface area contributed by atoms with Crippen molar-refractivity contribution < 1.29 is 0 Å². The summed E-state index contributed by atoms with van der Waals surface area (Å²) in [7, 11) is 2.27. The van der Waals surface area contributed by atoms with Crippen molar-refractivity contribution in [2.75, 3.05) is 25.1 Å². The summed E-state index contributed by atoms with van der Waals surface area (Å²) in [5.74, 6) is 2.67. The molecular weight excluding hydrogens is 192 g/mol. The van der Waals surface area contributed by atoms with Gasteiger partial charge in [0, 0.05) is 30.4 Å². The predicted octanol–water partition coefficient (Wildman–Crippen LogP) is 1.81. The first-order valence-electron chi connectivity index (χ1n) is 5.64. The molecule has 0 saturated carbocycles. The Labute approximate surface area is 92.8 Å². The Morgan fingerprint density at radius 2 is 2.14 bits per heavy atom. The maximum Gasteiger partial charge on any atom is 0.0194 e. The van der Waals surface area contributed by atoms with E-state index in [9.17, 15) is 0 Å². The number of rotatable bonds is 5. The number of likely N-dealkylation sites (N-methyl/N-ethyl adjacent to an activating group) is 1. The normalized spacial score (nSPS) is 24.9. The van der Waals surface area contributed by atoms with Crippen molar-refractivity contribution in [2.24, 2.45) is 0 Å². The molecule has 2 atom stereocenters. The monoisotopic (exact) mass is 216 g/mol. The number of nitrogens with one attached hydrogen (secondary N) is 1. The molecule has 1 aliphatic rings. The average molecular weight is 216 g/mol. The van der Waals surface area contributed by atoms with E-state index in [0.717, 1.165) is 12.6 Å². The van der Waals surface area contributed by atoms with Gasteiger partial charge in [0.2, 0.25) is 0 Å². The molecule has 0 spiro atoms. The average Bonchev–Trinajstić information content (AvgIpc) is 2.65. The standard InChI is InChI=1S/C11H24N2S/c1-9(2)12-7-10(3)13(4)11-5-6-14-8-11/h9-12H,5-8H2,1-4H3. The molecule has 0 aromatic heterocycles. The molecule has 1 N–H and O–H groups in total. The minimum atomic E-state index is 0.601. The Kier molecular flexibility index (Phi) is 5.28. The summed E-state index contributed by atoms with van der Waals surface area (Å²) in [6.07, 6.45) is 1.37. The molecule has 2 unspecified atom stereocenters. The van der Waals surface area contributed by atoms with Gasteiger partial charge in [0.15, 0.2) is 0 Å². The largest absolute Gasteiger partial charge is 0.313 e. The summed E-state index contributed by atoms with van der Waals surface area (Å²) < 4.78 is 0. The second kappa shape index (κ2) is 5.99. The number of nitrogens with zero attached hydrogens (tertiary/aromatic N) is 1. The lowest BCUT2D eigenvalue weighted by atomic mass is 10.2. The lowest BCUT2D eigenvalue weighted by Gasteiger charge is -2.30. The van der Waals surface area contributed by atoms with Crippen molar-refractivity contribution in [3.05, 3.63) is 0 Å². The Morgan fingerprint density at radius 1 is 1.43 bits per heavy atom. The molecule has 0 amide bonds. The van der Waals surface area contributed by atoms with E-state index in [0.29, 0.717) is 12.1 Å². The number of thioether (sulfide) groups is 1. The zero-order chi connectivity index (χ0) is 10.6. The van der Waals surface area contributed by atoms with E-state index in [4.69, 9.17) is 0 Å². The quantitative estimate of drug-likeness (QED) is 0.754. The zero-order valence-electron chi connectivity index (χ0n) is 9.92. The van der Waals surface area contributed by atoms with Crippen LogP contribution < -0.4 is 5.32 Å². The van der Waals surface area contributed by atoms with E-state index in [1.54, 1.807) is 0 Å². The van der Waals surface area contributed by atoms with Crippen LogP contribution in [0.5, 0.6) is 0 Å². The highest BCUT2D eigenvalue weighted by molar-refractivity contribution is 7.99. The second-order valence-electron chi connectivity index (χ2n) is 4.59. The topological polar surface area (TPSA) is 15.3 Å². The van der Waals surface area contributed by atoms with Crippen LogP contribution in [0.25, 0.3) is 0 Å². The van der Waals surface area contributed by atoms with Crippen molar-refractivity contribution in [1.29, 1.82) is 0 Å². The van der Waals surface area contributed by atoms with E-state index in [1.165, 1.54) is 17.9 Å². The molecule has 0 aliphatic carbocycles. The van der Waals surface area contributed by atoms with Crippen LogP contribution in [-0.4, -0.2) is 48.1 Å². The van der Waals surface area contributed by atoms with Gasteiger partial charge in [0.1, 0.15) is 0 Å². The van der Waals surface area contributed by atoms with Crippen LogP contribution in [0.4, 0.5) is 0 Å². The highest BCUT2D eigenvalue weighted by Crippen LogP contribution is 2.22. The van der Waals surface area contributed by atoms with E-state index < -0.39 is 0 Å². The molecule has 84 valence electrons. The van der Waals surface area contributed by atoms with Crippen LogP contribution in [0.2, 0.25) is 0 Å². The van der Waals surface area contributed by atoms with Gasteiger partial charge in [-0.2, -0.15) is 11.8 Å². The van der Waals surface area contributed by atoms with Gasteiger partial charge in [-0.1, -0.05) is 13.8 Å². The van der Waals surface area contributed by atoms with Gasteiger partial charge in [-0.25, -0.2) is 0 Å². The molecule has 2 nitrogen and oxygen atoms in total. The van der Waals surface area contributed by atoms with Crippen molar-refractivity contribution in [3.8, 4) is 0 Å². The Bertz CT molecular complexity index is 155. The first-order valence-corrected chi connectivity index (χ1v) is 6.79. The van der Waals surface area contributed by atoms with Crippen molar-refractivity contribution >= 4 is 11.8 Å². The molecule has 14 heavy (non-hydrogen) atoms. The van der Waals surface area contributed by atoms with Gasteiger partial charge < -0.3 is 5.32 Å². The fourth-order valence-electron chi connectivity index (χ4n) is 1.75. The second-order valence-corrected chi connectivity index (χ2v) is 5.74. The van der Waals surface area contributed by atoms with E-state index in [-0.39, 0.29) is 0 Å². The predicted molar refractivity (Wildman–Crippen MR) is 66.1 cm³/mol. The first-order chi connectivity index (χ1) is 6.61. The summed E-state index contributed by atoms with van der Waals surface area (Å²) in [6, 6.07) is 2.06. The van der Waals surface area contributed by atoms with Crippen LogP contribution in [-0.2, 0) is 0 Å². The SMILES string of the molecule is CC(C)NCC(C)N(C)C1CCSC1. The van der Waals surface area contributed by atoms with E-state index >= 15 is 0 Å². The van der Waals surface area contributed by atoms with Crippen LogP contribution in [0.1, 0.15) is 27.2 Å². The highest BCUT2D eigenvalue weighted by Gasteiger charge is 2.23. The van der Waals surface area contributed by atoms with Gasteiger partial charge in [-0.3, -0.25) is 4.90 Å². The lowest BCUT2D eigenvalue weighted by molar-refractivity contribution is 0.193. The summed E-state index contributed by atoms with van der Waals surface area (Å²) in [6.45, 7) is 7.84. The molecule has 1 heterocycles. The third kappa shape index (κ3) is 3.79. The van der Waals surface area contributed by atoms with Crippen LogP contribution in [0.15, 0.2) is 0 Å². The maximum absolute atomic E-state index is 3.50. The molecule has 3 heteroatoms. The fraction of sp³-hybridized carbons (Fsp3) is 1.00. The van der Waals surface area contributed by atoms with Crippen LogP contribution >= 0.6 is 11.8 Å². The smallest absolute Gasteiger partial charge is 0.0194 e. The van der Waals surface area contributed by atoms with Crippen LogP contribution in [0, 0.1) is 0 Å². The number of hydrogen-bond acceptors (Lipinski definition) is 3. The molecule has 0 radical (unpaired) electrons. The van der Waals surface area contributed by atoms with Crippen LogP contribution in [0.3, 0.4) is 0 Å². The minimum absolute atomic E-state index is 0.601. The van der Waals surface area contributed by atoms with Gasteiger partial charge in [0.05, 0.1) is 0 Å². The number of hydrogen-bond donors (Lipinski definition) is 1. The summed E-state index contributed by atoms with van der Waals surface area (Å²) in [5, 5.41) is 3.50. The molecule has 1 saturated heterocycles. The summed E-state index contributed by atoms with van der Waals surface area (Å²) in [5.41, 5.74) is 0. The van der Waals surface area contributed by atoms with Crippen molar-refractivity contribution in [3.63, 3.8) is 0 Å². The summed E-state index contributed by atoms with van der Waals surface area (Å²) >= 11 is 2.09. The Hall–Kier alpha value is 0.270. The van der Waals surface area contributed by atoms with Gasteiger partial charge in [0.25, 0.3) is 0 Å². The fourth-order valence-corrected chi connectivity index (χ4v) is 3.03. The zero-order valence-corrected chi connectivity index (χ0v) is 10.7. The van der Waals surface area contributed by atoms with Crippen molar-refractivity contribution in [1.82, 2.24) is 10.2 Å². The third-order valence-corrected chi connectivity index (χ3v) is 4.14. The molecule has 1 aliphatic heterocycles. The first kappa shape index (κ1) is 12.3. The Balaban J connectivity index is 2.24. The Morgan fingerprint density at radius 3 is 2.64 bits per heavy atom. The molecule has 1 rings (SSSR count). The maximum atomic E-state index is 3.50.